The zero-order valence-electron chi connectivity index (χ0n) is 14.4. The molecule has 150 valence electrons. The van der Waals surface area contributed by atoms with Gasteiger partial charge in [-0.25, -0.2) is 8.42 Å². The molecular weight excluding hydrogens is 415 g/mol. The Labute approximate surface area is 164 Å². The maximum Gasteiger partial charge on any atom is 0.416 e. The van der Waals surface area contributed by atoms with Crippen LogP contribution in [0.5, 0.6) is 0 Å². The van der Waals surface area contributed by atoms with Crippen molar-refractivity contribution in [3.63, 3.8) is 0 Å². The van der Waals surface area contributed by atoms with Crippen molar-refractivity contribution in [3.05, 3.63) is 47.7 Å². The van der Waals surface area contributed by atoms with E-state index in [9.17, 15) is 21.6 Å². The van der Waals surface area contributed by atoms with Crippen molar-refractivity contribution in [2.24, 2.45) is 5.10 Å². The van der Waals surface area contributed by atoms with Crippen LogP contribution in [0.25, 0.3) is 11.3 Å². The van der Waals surface area contributed by atoms with Crippen LogP contribution in [-0.4, -0.2) is 37.3 Å². The minimum Gasteiger partial charge on any atom is -0.455 e. The molecule has 0 amide bonds. The van der Waals surface area contributed by atoms with Crippen molar-refractivity contribution in [2.45, 2.75) is 18.6 Å². The molecule has 2 N–H and O–H groups in total. The van der Waals surface area contributed by atoms with E-state index in [0.717, 1.165) is 12.1 Å². The Bertz CT molecular complexity index is 1000. The highest BCUT2D eigenvalue weighted by molar-refractivity contribution is 7.91. The highest BCUT2D eigenvalue weighted by Crippen LogP contribution is 2.32. The van der Waals surface area contributed by atoms with Gasteiger partial charge in [0.05, 0.1) is 23.3 Å². The number of rotatable bonds is 4. The van der Waals surface area contributed by atoms with E-state index >= 15 is 0 Å². The van der Waals surface area contributed by atoms with Gasteiger partial charge in [0.25, 0.3) is 0 Å². The molecule has 28 heavy (non-hydrogen) atoms. The predicted molar refractivity (Wildman–Crippen MR) is 103 cm³/mol. The second-order valence-electron chi connectivity index (χ2n) is 6.22. The van der Waals surface area contributed by atoms with Crippen LogP contribution in [0.1, 0.15) is 17.7 Å². The fourth-order valence-electron chi connectivity index (χ4n) is 2.71. The lowest BCUT2D eigenvalue weighted by atomic mass is 10.1. The van der Waals surface area contributed by atoms with Gasteiger partial charge in [0.1, 0.15) is 11.5 Å². The highest BCUT2D eigenvalue weighted by atomic mass is 32.2. The van der Waals surface area contributed by atoms with Gasteiger partial charge >= 0.3 is 6.18 Å². The quantitative estimate of drug-likeness (QED) is 0.440. The zero-order chi connectivity index (χ0) is 20.4. The maximum atomic E-state index is 12.8. The third kappa shape index (κ3) is 5.32. The molecule has 1 aromatic heterocycles. The smallest absolute Gasteiger partial charge is 0.416 e. The SMILES string of the molecule is O=S1(=O)CC[C@H](NC(=S)N/N=C\c2ccc(-c3cccc(C(F)(F)F)c3)o2)C1. The van der Waals surface area contributed by atoms with E-state index in [2.05, 4.69) is 15.8 Å². The molecule has 1 saturated heterocycles. The van der Waals surface area contributed by atoms with E-state index in [1.807, 2.05) is 0 Å². The third-order valence-corrected chi connectivity index (χ3v) is 6.00. The lowest BCUT2D eigenvalue weighted by molar-refractivity contribution is -0.137. The van der Waals surface area contributed by atoms with Crippen LogP contribution in [0.3, 0.4) is 0 Å². The molecule has 2 heterocycles. The summed E-state index contributed by atoms with van der Waals surface area (Å²) in [6.45, 7) is 0. The van der Waals surface area contributed by atoms with Gasteiger partial charge in [-0.1, -0.05) is 12.1 Å². The van der Waals surface area contributed by atoms with Crippen LogP contribution in [-0.2, 0) is 16.0 Å². The van der Waals surface area contributed by atoms with E-state index in [1.165, 1.54) is 24.4 Å². The van der Waals surface area contributed by atoms with Gasteiger partial charge in [-0.15, -0.1) is 0 Å². The fourth-order valence-corrected chi connectivity index (χ4v) is 4.60. The molecule has 0 aliphatic carbocycles. The molecule has 11 heteroatoms. The van der Waals surface area contributed by atoms with Gasteiger partial charge < -0.3 is 9.73 Å². The highest BCUT2D eigenvalue weighted by Gasteiger charge is 2.30. The average molecular weight is 431 g/mol. The maximum absolute atomic E-state index is 12.8. The third-order valence-electron chi connectivity index (χ3n) is 4.03. The first-order valence-electron chi connectivity index (χ1n) is 8.20. The summed E-state index contributed by atoms with van der Waals surface area (Å²) in [6.07, 6.45) is -2.64. The van der Waals surface area contributed by atoms with Crippen molar-refractivity contribution in [3.8, 4) is 11.3 Å². The minimum absolute atomic E-state index is 0.0249. The number of hydrazone groups is 1. The molecule has 0 unspecified atom stereocenters. The molecule has 0 saturated carbocycles. The van der Waals surface area contributed by atoms with Gasteiger partial charge in [0.15, 0.2) is 14.9 Å². The summed E-state index contributed by atoms with van der Waals surface area (Å²) in [5, 5.41) is 6.91. The van der Waals surface area contributed by atoms with Crippen LogP contribution in [0.4, 0.5) is 13.2 Å². The van der Waals surface area contributed by atoms with Crippen molar-refractivity contribution >= 4 is 33.4 Å². The van der Waals surface area contributed by atoms with Gasteiger partial charge in [-0.3, -0.25) is 5.43 Å². The Morgan fingerprint density at radius 1 is 1.29 bits per heavy atom. The van der Waals surface area contributed by atoms with E-state index < -0.39 is 21.6 Å². The molecule has 1 fully saturated rings. The summed E-state index contributed by atoms with van der Waals surface area (Å²) < 4.78 is 66.7. The Hall–Kier alpha value is -2.40. The molecule has 6 nitrogen and oxygen atoms in total. The summed E-state index contributed by atoms with van der Waals surface area (Å²) in [6, 6.07) is 7.66. The standard InChI is InChI=1S/C17H16F3N3O3S2/c18-17(19,20)12-3-1-2-11(8-12)15-5-4-14(26-15)9-21-23-16(27)22-13-6-7-28(24,25)10-13/h1-5,8-9,13H,6-7,10H2,(H2,22,23,27)/b21-9-/t13-/m0/s1. The summed E-state index contributed by atoms with van der Waals surface area (Å²) in [4.78, 5) is 0. The van der Waals surface area contributed by atoms with E-state index in [4.69, 9.17) is 16.6 Å². The molecule has 0 bridgehead atoms. The zero-order valence-corrected chi connectivity index (χ0v) is 16.0. The number of halogens is 3. The van der Waals surface area contributed by atoms with Crippen LogP contribution in [0, 0.1) is 0 Å². The number of thiocarbonyl (C=S) groups is 1. The first kappa shape index (κ1) is 20.3. The topological polar surface area (TPSA) is 83.7 Å². The normalized spacial score (nSPS) is 19.0. The second-order valence-corrected chi connectivity index (χ2v) is 8.86. The van der Waals surface area contributed by atoms with Crippen LogP contribution in [0.15, 0.2) is 45.9 Å². The molecular formula is C17H16F3N3O3S2. The van der Waals surface area contributed by atoms with Gasteiger partial charge in [-0.05, 0) is 42.9 Å². The summed E-state index contributed by atoms with van der Waals surface area (Å²) in [7, 11) is -3.01. The van der Waals surface area contributed by atoms with Crippen LogP contribution >= 0.6 is 12.2 Å². The number of hydrogen-bond acceptors (Lipinski definition) is 5. The van der Waals surface area contributed by atoms with Crippen LogP contribution in [0.2, 0.25) is 0 Å². The molecule has 3 rings (SSSR count). The second kappa shape index (κ2) is 7.92. The molecule has 1 atom stereocenters. The van der Waals surface area contributed by atoms with Crippen molar-refractivity contribution in [2.75, 3.05) is 11.5 Å². The van der Waals surface area contributed by atoms with Crippen molar-refractivity contribution in [1.29, 1.82) is 0 Å². The molecule has 0 radical (unpaired) electrons. The van der Waals surface area contributed by atoms with Gasteiger partial charge in [0.2, 0.25) is 0 Å². The summed E-state index contributed by atoms with van der Waals surface area (Å²) in [5.74, 6) is 0.730. The van der Waals surface area contributed by atoms with Gasteiger partial charge in [-0.2, -0.15) is 18.3 Å². The Kier molecular flexibility index (Phi) is 5.75. The van der Waals surface area contributed by atoms with Gasteiger partial charge in [0, 0.05) is 11.6 Å². The number of hydrogen-bond donors (Lipinski definition) is 2. The predicted octanol–water partition coefficient (Wildman–Crippen LogP) is 2.95. The number of nitrogens with zero attached hydrogens (tertiary/aromatic N) is 1. The monoisotopic (exact) mass is 431 g/mol. The number of benzene rings is 1. The first-order chi connectivity index (χ1) is 13.1. The first-order valence-corrected chi connectivity index (χ1v) is 10.4. The lowest BCUT2D eigenvalue weighted by Gasteiger charge is -2.11. The van der Waals surface area contributed by atoms with E-state index in [0.29, 0.717) is 17.7 Å². The number of alkyl halides is 3. The Balaban J connectivity index is 1.58. The summed E-state index contributed by atoms with van der Waals surface area (Å²) >= 11 is 5.04. The molecule has 1 aliphatic rings. The van der Waals surface area contributed by atoms with E-state index in [-0.39, 0.29) is 28.4 Å². The Morgan fingerprint density at radius 2 is 2.07 bits per heavy atom. The number of nitrogens with one attached hydrogen (secondary N) is 2. The molecule has 1 aromatic carbocycles. The number of sulfone groups is 1. The minimum atomic E-state index is -4.43. The van der Waals surface area contributed by atoms with Crippen molar-refractivity contribution < 1.29 is 26.0 Å². The molecule has 0 spiro atoms. The molecule has 1 aliphatic heterocycles. The van der Waals surface area contributed by atoms with E-state index in [1.54, 1.807) is 6.07 Å². The number of furan rings is 1. The molecule has 2 aromatic rings. The Morgan fingerprint density at radius 3 is 2.75 bits per heavy atom. The van der Waals surface area contributed by atoms with Crippen molar-refractivity contribution in [1.82, 2.24) is 10.7 Å². The summed E-state index contributed by atoms with van der Waals surface area (Å²) in [5.41, 5.74) is 2.08. The van der Waals surface area contributed by atoms with Crippen LogP contribution < -0.4 is 10.7 Å². The average Bonchev–Trinajstić information content (AvgIpc) is 3.20. The lowest BCUT2D eigenvalue weighted by Crippen LogP contribution is -2.40. The fraction of sp³-hybridized carbons (Fsp3) is 0.294. The largest absolute Gasteiger partial charge is 0.455 e.